The van der Waals surface area contributed by atoms with E-state index in [4.69, 9.17) is 4.74 Å². The highest BCUT2D eigenvalue weighted by Gasteiger charge is 2.27. The van der Waals surface area contributed by atoms with Gasteiger partial charge in [0.25, 0.3) is 0 Å². The first-order chi connectivity index (χ1) is 11.3. The van der Waals surface area contributed by atoms with Crippen LogP contribution in [-0.2, 0) is 0 Å². The number of hydrogen-bond acceptors (Lipinski definition) is 3. The van der Waals surface area contributed by atoms with Gasteiger partial charge in [-0.15, -0.1) is 0 Å². The van der Waals surface area contributed by atoms with Gasteiger partial charge in [-0.1, -0.05) is 49.2 Å². The van der Waals surface area contributed by atoms with Crippen molar-refractivity contribution in [2.45, 2.75) is 31.6 Å². The van der Waals surface area contributed by atoms with Crippen LogP contribution in [0.15, 0.2) is 48.5 Å². The Bertz CT molecular complexity index is 651. The molecule has 0 aromatic heterocycles. The lowest BCUT2D eigenvalue weighted by Gasteiger charge is -2.32. The molecule has 0 amide bonds. The minimum atomic E-state index is -0.0271. The van der Waals surface area contributed by atoms with Crippen LogP contribution < -0.4 is 4.74 Å². The van der Waals surface area contributed by atoms with E-state index in [9.17, 15) is 9.90 Å². The average Bonchev–Trinajstić information content (AvgIpc) is 2.61. The van der Waals surface area contributed by atoms with Gasteiger partial charge in [-0.2, -0.15) is 0 Å². The Hall–Kier alpha value is -2.29. The van der Waals surface area contributed by atoms with Crippen LogP contribution in [0, 0.1) is 5.92 Å². The molecule has 0 spiro atoms. The molecule has 2 unspecified atom stereocenters. The summed E-state index contributed by atoms with van der Waals surface area (Å²) in [6.07, 6.45) is 5.44. The van der Waals surface area contributed by atoms with Crippen LogP contribution >= 0.6 is 0 Å². The smallest absolute Gasteiger partial charge is 0.157 e. The lowest BCUT2D eigenvalue weighted by atomic mass is 9.76. The number of phenols is 1. The lowest BCUT2D eigenvalue weighted by Crippen LogP contribution is -2.24. The average molecular weight is 310 g/mol. The molecule has 2 atom stereocenters. The molecule has 3 heteroatoms. The third-order valence-electron chi connectivity index (χ3n) is 4.75. The first kappa shape index (κ1) is 15.6. The van der Waals surface area contributed by atoms with Crippen molar-refractivity contribution in [2.24, 2.45) is 5.92 Å². The highest BCUT2D eigenvalue weighted by atomic mass is 16.5. The molecular formula is C20H22O3. The second kappa shape index (κ2) is 7.32. The fraction of sp³-hybridized carbons (Fsp3) is 0.350. The van der Waals surface area contributed by atoms with Gasteiger partial charge in [0.05, 0.1) is 12.2 Å². The molecule has 0 bridgehead atoms. The summed E-state index contributed by atoms with van der Waals surface area (Å²) in [5.74, 6) is 1.38. The predicted octanol–water partition coefficient (Wildman–Crippen LogP) is 4.56. The van der Waals surface area contributed by atoms with Crippen molar-refractivity contribution in [1.82, 2.24) is 0 Å². The van der Waals surface area contributed by atoms with E-state index in [1.807, 2.05) is 6.07 Å². The first-order valence-corrected chi connectivity index (χ1v) is 8.24. The summed E-state index contributed by atoms with van der Waals surface area (Å²) < 4.78 is 5.91. The quantitative estimate of drug-likeness (QED) is 0.824. The Morgan fingerprint density at radius 3 is 2.61 bits per heavy atom. The molecular weight excluding hydrogens is 288 g/mol. The molecule has 2 aromatic rings. The standard InChI is InChI=1S/C20H22O3/c21-13-18-19(22)11-6-12-20(18)23-14-16-9-4-5-10-17(16)15-7-2-1-3-8-15/h1-3,6-8,11-13,16-17,22H,4-5,9-10,14H2. The van der Waals surface area contributed by atoms with E-state index < -0.39 is 0 Å². The molecule has 120 valence electrons. The molecule has 2 aromatic carbocycles. The van der Waals surface area contributed by atoms with Gasteiger partial charge in [0.2, 0.25) is 0 Å². The van der Waals surface area contributed by atoms with Gasteiger partial charge in [-0.05, 0) is 42.4 Å². The highest BCUT2D eigenvalue weighted by molar-refractivity contribution is 5.83. The van der Waals surface area contributed by atoms with E-state index in [0.29, 0.717) is 30.5 Å². The van der Waals surface area contributed by atoms with Crippen molar-refractivity contribution in [3.8, 4) is 11.5 Å². The summed E-state index contributed by atoms with van der Waals surface area (Å²) in [7, 11) is 0. The summed E-state index contributed by atoms with van der Waals surface area (Å²) in [6.45, 7) is 0.573. The number of aldehydes is 1. The van der Waals surface area contributed by atoms with Gasteiger partial charge in [-0.25, -0.2) is 0 Å². The second-order valence-corrected chi connectivity index (χ2v) is 6.18. The van der Waals surface area contributed by atoms with Crippen LogP contribution in [0.2, 0.25) is 0 Å². The monoisotopic (exact) mass is 310 g/mol. The third-order valence-corrected chi connectivity index (χ3v) is 4.75. The zero-order valence-corrected chi connectivity index (χ0v) is 13.2. The number of ether oxygens (including phenoxy) is 1. The fourth-order valence-electron chi connectivity index (χ4n) is 3.52. The number of phenolic OH excluding ortho intramolecular Hbond substituents is 1. The fourth-order valence-corrected chi connectivity index (χ4v) is 3.52. The van der Waals surface area contributed by atoms with Crippen LogP contribution in [0.1, 0.15) is 47.5 Å². The number of aromatic hydroxyl groups is 1. The number of benzene rings is 2. The molecule has 1 aliphatic rings. The maximum Gasteiger partial charge on any atom is 0.157 e. The first-order valence-electron chi connectivity index (χ1n) is 8.24. The zero-order valence-electron chi connectivity index (χ0n) is 13.2. The summed E-state index contributed by atoms with van der Waals surface area (Å²) in [5, 5.41) is 9.75. The van der Waals surface area contributed by atoms with Gasteiger partial charge >= 0.3 is 0 Å². The number of carbonyl (C=O) groups is 1. The molecule has 0 radical (unpaired) electrons. The summed E-state index contributed by atoms with van der Waals surface area (Å²) in [5.41, 5.74) is 1.60. The molecule has 1 aliphatic carbocycles. The van der Waals surface area contributed by atoms with Crippen LogP contribution in [0.4, 0.5) is 0 Å². The maximum atomic E-state index is 11.1. The van der Waals surface area contributed by atoms with Gasteiger partial charge in [0, 0.05) is 0 Å². The largest absolute Gasteiger partial charge is 0.507 e. The third kappa shape index (κ3) is 3.55. The van der Waals surface area contributed by atoms with Crippen molar-refractivity contribution >= 4 is 6.29 Å². The van der Waals surface area contributed by atoms with Crippen molar-refractivity contribution in [3.05, 3.63) is 59.7 Å². The number of rotatable bonds is 5. The lowest BCUT2D eigenvalue weighted by molar-refractivity contribution is 0.111. The van der Waals surface area contributed by atoms with Crippen molar-refractivity contribution < 1.29 is 14.6 Å². The van der Waals surface area contributed by atoms with Crippen LogP contribution in [0.3, 0.4) is 0 Å². The number of hydrogen-bond donors (Lipinski definition) is 1. The molecule has 3 rings (SSSR count). The van der Waals surface area contributed by atoms with Crippen LogP contribution in [-0.4, -0.2) is 18.0 Å². The molecule has 3 nitrogen and oxygen atoms in total. The SMILES string of the molecule is O=Cc1c(O)cccc1OCC1CCCCC1c1ccccc1. The molecule has 0 saturated heterocycles. The summed E-state index contributed by atoms with van der Waals surface area (Å²) >= 11 is 0. The van der Waals surface area contributed by atoms with E-state index in [2.05, 4.69) is 24.3 Å². The van der Waals surface area contributed by atoms with E-state index in [0.717, 1.165) is 6.42 Å². The van der Waals surface area contributed by atoms with Crippen LogP contribution in [0.25, 0.3) is 0 Å². The van der Waals surface area contributed by atoms with Gasteiger partial charge < -0.3 is 9.84 Å². The highest BCUT2D eigenvalue weighted by Crippen LogP contribution is 2.38. The summed E-state index contributed by atoms with van der Waals surface area (Å²) in [6, 6.07) is 15.5. The Labute approximate surface area is 136 Å². The van der Waals surface area contributed by atoms with Crippen molar-refractivity contribution in [2.75, 3.05) is 6.61 Å². The minimum absolute atomic E-state index is 0.0271. The second-order valence-electron chi connectivity index (χ2n) is 6.18. The number of carbonyl (C=O) groups excluding carboxylic acids is 1. The minimum Gasteiger partial charge on any atom is -0.507 e. The topological polar surface area (TPSA) is 46.5 Å². The van der Waals surface area contributed by atoms with Gasteiger partial charge in [0.15, 0.2) is 6.29 Å². The molecule has 0 aliphatic heterocycles. The van der Waals surface area contributed by atoms with Gasteiger partial charge in [-0.3, -0.25) is 4.79 Å². The Morgan fingerprint density at radius 1 is 1.04 bits per heavy atom. The zero-order chi connectivity index (χ0) is 16.1. The Morgan fingerprint density at radius 2 is 1.83 bits per heavy atom. The molecule has 1 N–H and O–H groups in total. The van der Waals surface area contributed by atoms with E-state index in [-0.39, 0.29) is 11.3 Å². The Balaban J connectivity index is 1.73. The van der Waals surface area contributed by atoms with E-state index in [1.54, 1.807) is 12.1 Å². The Kier molecular flexibility index (Phi) is 4.96. The molecule has 23 heavy (non-hydrogen) atoms. The molecule has 1 saturated carbocycles. The molecule has 1 fully saturated rings. The summed E-state index contributed by atoms with van der Waals surface area (Å²) in [4.78, 5) is 11.1. The van der Waals surface area contributed by atoms with Crippen molar-refractivity contribution in [1.29, 1.82) is 0 Å². The maximum absolute atomic E-state index is 11.1. The van der Waals surface area contributed by atoms with E-state index >= 15 is 0 Å². The van der Waals surface area contributed by atoms with Crippen molar-refractivity contribution in [3.63, 3.8) is 0 Å². The van der Waals surface area contributed by atoms with Crippen LogP contribution in [0.5, 0.6) is 11.5 Å². The predicted molar refractivity (Wildman–Crippen MR) is 90.1 cm³/mol. The normalized spacial score (nSPS) is 20.9. The van der Waals surface area contributed by atoms with Gasteiger partial charge in [0.1, 0.15) is 11.5 Å². The van der Waals surface area contributed by atoms with E-state index in [1.165, 1.54) is 30.9 Å². The molecule has 0 heterocycles.